The molecule has 4 aromatic rings. The summed E-state index contributed by atoms with van der Waals surface area (Å²) in [5.41, 5.74) is 1.48. The highest BCUT2D eigenvalue weighted by atomic mass is 32.1. The van der Waals surface area contributed by atoms with Crippen LogP contribution >= 0.6 is 11.3 Å². The van der Waals surface area contributed by atoms with Crippen molar-refractivity contribution in [3.63, 3.8) is 0 Å². The summed E-state index contributed by atoms with van der Waals surface area (Å²) in [7, 11) is 6.11. The van der Waals surface area contributed by atoms with Gasteiger partial charge in [-0.05, 0) is 60.2 Å². The molecule has 9 nitrogen and oxygen atoms in total. The van der Waals surface area contributed by atoms with Crippen LogP contribution in [0.1, 0.15) is 17.2 Å². The van der Waals surface area contributed by atoms with Crippen molar-refractivity contribution < 1.29 is 33.6 Å². The van der Waals surface area contributed by atoms with E-state index >= 15 is 0 Å². The molecule has 5 rings (SSSR count). The Hall–Kier alpha value is -4.57. The lowest BCUT2D eigenvalue weighted by molar-refractivity contribution is -0.132. The van der Waals surface area contributed by atoms with Crippen molar-refractivity contribution in [3.8, 4) is 23.0 Å². The van der Waals surface area contributed by atoms with Crippen LogP contribution in [0.25, 0.3) is 16.0 Å². The molecule has 1 fully saturated rings. The Kier molecular flexibility index (Phi) is 6.64. The van der Waals surface area contributed by atoms with Crippen molar-refractivity contribution in [2.45, 2.75) is 6.04 Å². The molecule has 1 aromatic heterocycles. The summed E-state index contributed by atoms with van der Waals surface area (Å²) in [6.07, 6.45) is 0. The molecule has 0 bridgehead atoms. The van der Waals surface area contributed by atoms with Gasteiger partial charge in [0.25, 0.3) is 5.78 Å². The number of carbonyl (C=O) groups excluding carboxylic acids is 2. The molecular formula is C28H24N2O7S. The SMILES string of the molecule is COc1ccc(C(O)=C2C(=O)C(=O)N(c3nc4ccc(OC)cc4s3)[C@@H]2c2ccc(OC)c(OC)c2)cc1. The van der Waals surface area contributed by atoms with Crippen LogP contribution in [0.2, 0.25) is 0 Å². The molecule has 0 saturated carbocycles. The van der Waals surface area contributed by atoms with Crippen molar-refractivity contribution >= 4 is 44.1 Å². The molecule has 0 spiro atoms. The summed E-state index contributed by atoms with van der Waals surface area (Å²) < 4.78 is 22.1. The maximum atomic E-state index is 13.5. The molecule has 0 unspecified atom stereocenters. The number of anilines is 1. The Balaban J connectivity index is 1.72. The fraction of sp³-hybridized carbons (Fsp3) is 0.179. The van der Waals surface area contributed by atoms with Crippen molar-refractivity contribution in [1.29, 1.82) is 0 Å². The van der Waals surface area contributed by atoms with Gasteiger partial charge in [0.1, 0.15) is 17.3 Å². The summed E-state index contributed by atoms with van der Waals surface area (Å²) in [6.45, 7) is 0. The van der Waals surface area contributed by atoms with E-state index in [4.69, 9.17) is 18.9 Å². The Morgan fingerprint density at radius 3 is 2.18 bits per heavy atom. The Bertz CT molecular complexity index is 1580. The average Bonchev–Trinajstić information content (AvgIpc) is 3.49. The number of amides is 1. The molecule has 10 heteroatoms. The minimum absolute atomic E-state index is 0.0655. The number of benzene rings is 3. The molecule has 1 amide bonds. The van der Waals surface area contributed by atoms with Gasteiger partial charge >= 0.3 is 5.91 Å². The number of aliphatic hydroxyl groups is 1. The number of hydrogen-bond donors (Lipinski definition) is 1. The van der Waals surface area contributed by atoms with E-state index in [0.29, 0.717) is 44.8 Å². The number of Topliss-reactive ketones (excluding diaryl/α,β-unsaturated/α-hetero) is 1. The van der Waals surface area contributed by atoms with Crippen molar-refractivity contribution in [2.24, 2.45) is 0 Å². The first-order chi connectivity index (χ1) is 18.4. The smallest absolute Gasteiger partial charge is 0.301 e. The largest absolute Gasteiger partial charge is 0.507 e. The molecule has 1 aliphatic rings. The van der Waals surface area contributed by atoms with E-state index in [1.807, 2.05) is 6.07 Å². The molecule has 1 N–H and O–H groups in total. The van der Waals surface area contributed by atoms with E-state index in [0.717, 1.165) is 4.70 Å². The van der Waals surface area contributed by atoms with Gasteiger partial charge in [-0.1, -0.05) is 17.4 Å². The highest BCUT2D eigenvalue weighted by Crippen LogP contribution is 2.46. The molecule has 1 saturated heterocycles. The summed E-state index contributed by atoms with van der Waals surface area (Å²) in [4.78, 5) is 32.9. The Morgan fingerprint density at radius 1 is 0.842 bits per heavy atom. The van der Waals surface area contributed by atoms with Gasteiger partial charge in [-0.15, -0.1) is 0 Å². The molecule has 194 valence electrons. The molecule has 1 aliphatic heterocycles. The van der Waals surface area contributed by atoms with Gasteiger partial charge in [-0.25, -0.2) is 4.98 Å². The van der Waals surface area contributed by atoms with Gasteiger partial charge in [-0.3, -0.25) is 14.5 Å². The number of methoxy groups -OCH3 is 4. The molecule has 38 heavy (non-hydrogen) atoms. The fourth-order valence-corrected chi connectivity index (χ4v) is 5.42. The molecule has 2 heterocycles. The van der Waals surface area contributed by atoms with E-state index in [2.05, 4.69) is 4.98 Å². The second-order valence-corrected chi connectivity index (χ2v) is 9.35. The third-order valence-electron chi connectivity index (χ3n) is 6.32. The molecule has 0 radical (unpaired) electrons. The van der Waals surface area contributed by atoms with Crippen LogP contribution < -0.4 is 23.8 Å². The second kappa shape index (κ2) is 10.1. The van der Waals surface area contributed by atoms with Gasteiger partial charge in [0.15, 0.2) is 16.6 Å². The van der Waals surface area contributed by atoms with Crippen molar-refractivity contribution in [3.05, 3.63) is 77.4 Å². The highest BCUT2D eigenvalue weighted by molar-refractivity contribution is 7.22. The van der Waals surface area contributed by atoms with Crippen molar-refractivity contribution in [2.75, 3.05) is 33.3 Å². The Morgan fingerprint density at radius 2 is 1.53 bits per heavy atom. The topological polar surface area (TPSA) is 107 Å². The highest BCUT2D eigenvalue weighted by Gasteiger charge is 2.48. The van der Waals surface area contributed by atoms with Crippen LogP contribution in [0.4, 0.5) is 5.13 Å². The lowest BCUT2D eigenvalue weighted by atomic mass is 9.95. The number of aliphatic hydroxyl groups excluding tert-OH is 1. The third kappa shape index (κ3) is 4.18. The van der Waals surface area contributed by atoms with Crippen LogP contribution in [-0.2, 0) is 9.59 Å². The zero-order chi connectivity index (χ0) is 27.0. The third-order valence-corrected chi connectivity index (χ3v) is 7.34. The van der Waals surface area contributed by atoms with Gasteiger partial charge in [0.05, 0.1) is 50.3 Å². The lowest BCUT2D eigenvalue weighted by Crippen LogP contribution is -2.29. The lowest BCUT2D eigenvalue weighted by Gasteiger charge is -2.23. The van der Waals surface area contributed by atoms with Gasteiger partial charge < -0.3 is 24.1 Å². The number of fused-ring (bicyclic) bond motifs is 1. The molecular weight excluding hydrogens is 508 g/mol. The monoisotopic (exact) mass is 532 g/mol. The minimum atomic E-state index is -0.973. The van der Waals surface area contributed by atoms with E-state index in [-0.39, 0.29) is 11.3 Å². The van der Waals surface area contributed by atoms with Crippen LogP contribution in [0.3, 0.4) is 0 Å². The molecule has 0 aliphatic carbocycles. The number of rotatable bonds is 7. The zero-order valence-electron chi connectivity index (χ0n) is 21.1. The maximum Gasteiger partial charge on any atom is 0.301 e. The summed E-state index contributed by atoms with van der Waals surface area (Å²) in [5, 5.41) is 11.7. The first-order valence-corrected chi connectivity index (χ1v) is 12.3. The first-order valence-electron chi connectivity index (χ1n) is 11.5. The Labute approximate surface area is 222 Å². The van der Waals surface area contributed by atoms with Crippen molar-refractivity contribution in [1.82, 2.24) is 4.98 Å². The zero-order valence-corrected chi connectivity index (χ0v) is 21.9. The van der Waals surface area contributed by atoms with Crippen LogP contribution in [0.15, 0.2) is 66.2 Å². The number of ketones is 1. The number of nitrogens with zero attached hydrogens (tertiary/aromatic N) is 2. The van der Waals surface area contributed by atoms with Gasteiger partial charge in [-0.2, -0.15) is 0 Å². The predicted molar refractivity (Wildman–Crippen MR) is 143 cm³/mol. The molecule has 1 atom stereocenters. The predicted octanol–water partition coefficient (Wildman–Crippen LogP) is 4.96. The number of thiazole rings is 1. The fourth-order valence-electron chi connectivity index (χ4n) is 4.40. The average molecular weight is 533 g/mol. The van der Waals surface area contributed by atoms with Crippen LogP contribution in [-0.4, -0.2) is 50.2 Å². The maximum absolute atomic E-state index is 13.5. The van der Waals surface area contributed by atoms with E-state index in [1.165, 1.54) is 37.6 Å². The molecule has 3 aromatic carbocycles. The first kappa shape index (κ1) is 25.1. The summed E-state index contributed by atoms with van der Waals surface area (Å²) in [5.74, 6) is 0.190. The summed E-state index contributed by atoms with van der Waals surface area (Å²) >= 11 is 1.25. The van der Waals surface area contributed by atoms with E-state index < -0.39 is 17.7 Å². The number of aromatic nitrogens is 1. The normalized spacial score (nSPS) is 16.6. The summed E-state index contributed by atoms with van der Waals surface area (Å²) in [6, 6.07) is 16.1. The number of hydrogen-bond acceptors (Lipinski definition) is 9. The number of carbonyl (C=O) groups is 2. The van der Waals surface area contributed by atoms with E-state index in [9.17, 15) is 14.7 Å². The van der Waals surface area contributed by atoms with Gasteiger partial charge in [0, 0.05) is 5.56 Å². The standard InChI is InChI=1S/C28H24N2O7S/c1-34-17-8-5-15(6-9-17)25(31)23-24(16-7-12-20(36-3)21(13-16)37-4)30(27(33)26(23)32)28-29-19-11-10-18(35-2)14-22(19)38-28/h5-14,24,31H,1-4H3/t24-/m1/s1. The quantitative estimate of drug-likeness (QED) is 0.202. The van der Waals surface area contributed by atoms with Crippen LogP contribution in [0, 0.1) is 0 Å². The number of ether oxygens (including phenoxy) is 4. The second-order valence-electron chi connectivity index (χ2n) is 8.34. The van der Waals surface area contributed by atoms with Crippen LogP contribution in [0.5, 0.6) is 23.0 Å². The van der Waals surface area contributed by atoms with E-state index in [1.54, 1.807) is 61.7 Å². The minimum Gasteiger partial charge on any atom is -0.507 e. The van der Waals surface area contributed by atoms with Gasteiger partial charge in [0.2, 0.25) is 0 Å².